The smallest absolute Gasteiger partial charge is 0.104 e. The molecule has 0 saturated carbocycles. The Labute approximate surface area is 197 Å². The lowest BCUT2D eigenvalue weighted by atomic mass is 9.80. The van der Waals surface area contributed by atoms with Gasteiger partial charge in [0.2, 0.25) is 0 Å². The molecular formula is C31H31NO. The first kappa shape index (κ1) is 21.6. The average Bonchev–Trinajstić information content (AvgIpc) is 3.49. The fourth-order valence-corrected chi connectivity index (χ4v) is 5.77. The first-order valence-electron chi connectivity index (χ1n) is 11.7. The minimum Gasteiger partial charge on any atom is -0.386 e. The normalized spacial score (nSPS) is 22.7. The van der Waals surface area contributed by atoms with Crippen LogP contribution in [0.25, 0.3) is 0 Å². The highest BCUT2D eigenvalue weighted by Crippen LogP contribution is 2.67. The number of aryl methyl sites for hydroxylation is 3. The first-order chi connectivity index (χ1) is 16.0. The van der Waals surface area contributed by atoms with E-state index in [4.69, 9.17) is 0 Å². The van der Waals surface area contributed by atoms with Gasteiger partial charge in [-0.1, -0.05) is 109 Å². The molecule has 2 nitrogen and oxygen atoms in total. The number of hydrogen-bond acceptors (Lipinski definition) is 2. The van der Waals surface area contributed by atoms with Crippen molar-refractivity contribution in [3.05, 3.63) is 142 Å². The van der Waals surface area contributed by atoms with Crippen LogP contribution in [0, 0.1) is 20.8 Å². The molecule has 4 aromatic carbocycles. The topological polar surface area (TPSA) is 23.2 Å². The van der Waals surface area contributed by atoms with Crippen LogP contribution in [-0.4, -0.2) is 10.0 Å². The number of rotatable bonds is 6. The molecule has 1 aliphatic heterocycles. The molecule has 0 aliphatic carbocycles. The molecule has 5 rings (SSSR count). The van der Waals surface area contributed by atoms with E-state index in [1.54, 1.807) is 0 Å². The summed E-state index contributed by atoms with van der Waals surface area (Å²) in [5, 5.41) is 12.3. The molecule has 2 heteroatoms. The van der Waals surface area contributed by atoms with Crippen LogP contribution in [0.5, 0.6) is 0 Å². The Morgan fingerprint density at radius 2 is 1.27 bits per heavy atom. The van der Waals surface area contributed by atoms with E-state index in [1.165, 1.54) is 16.7 Å². The zero-order valence-corrected chi connectivity index (χ0v) is 19.6. The number of nitrogens with zero attached hydrogens (tertiary/aromatic N) is 1. The van der Waals surface area contributed by atoms with Gasteiger partial charge in [-0.15, -0.1) is 0 Å². The minimum atomic E-state index is -0.658. The Morgan fingerprint density at radius 1 is 0.758 bits per heavy atom. The van der Waals surface area contributed by atoms with Crippen molar-refractivity contribution >= 4 is 0 Å². The summed E-state index contributed by atoms with van der Waals surface area (Å²) in [5.41, 5.74) is 7.67. The largest absolute Gasteiger partial charge is 0.386 e. The molecule has 1 unspecified atom stereocenters. The fourth-order valence-electron chi connectivity index (χ4n) is 5.77. The van der Waals surface area contributed by atoms with E-state index in [1.807, 2.05) is 6.07 Å². The number of aliphatic hydroxyl groups excluding tert-OH is 1. The van der Waals surface area contributed by atoms with Gasteiger partial charge >= 0.3 is 0 Å². The van der Waals surface area contributed by atoms with E-state index in [0.717, 1.165) is 28.8 Å². The third kappa shape index (κ3) is 3.70. The van der Waals surface area contributed by atoms with Crippen molar-refractivity contribution < 1.29 is 5.11 Å². The standard InChI is InChI=1S/C31H31NO/c1-22-19-23(2)28(24(3)20-22)30(33)31(27-17-11-6-12-18-27)29(26-15-9-5-10-16-26)32(31)21-25-13-7-4-8-14-25/h4-20,29-30,33H,21H2,1-3H3/t29-,30+,31-,32?/m0/s1. The highest BCUT2D eigenvalue weighted by Gasteiger charge is 2.68. The highest BCUT2D eigenvalue weighted by molar-refractivity contribution is 5.49. The van der Waals surface area contributed by atoms with Crippen LogP contribution < -0.4 is 0 Å². The Balaban J connectivity index is 1.70. The summed E-state index contributed by atoms with van der Waals surface area (Å²) in [7, 11) is 0. The van der Waals surface area contributed by atoms with Crippen LogP contribution in [0.3, 0.4) is 0 Å². The summed E-state index contributed by atoms with van der Waals surface area (Å²) < 4.78 is 0. The van der Waals surface area contributed by atoms with Gasteiger partial charge in [-0.2, -0.15) is 0 Å². The predicted molar refractivity (Wildman–Crippen MR) is 135 cm³/mol. The zero-order chi connectivity index (χ0) is 23.0. The van der Waals surface area contributed by atoms with E-state index < -0.39 is 11.6 Å². The molecule has 166 valence electrons. The molecule has 4 aromatic rings. The Hall–Kier alpha value is -3.20. The van der Waals surface area contributed by atoms with Crippen LogP contribution in [0.15, 0.2) is 103 Å². The van der Waals surface area contributed by atoms with Gasteiger partial charge in [0.05, 0.1) is 11.6 Å². The molecule has 1 fully saturated rings. The van der Waals surface area contributed by atoms with Crippen LogP contribution >= 0.6 is 0 Å². The predicted octanol–water partition coefficient (Wildman–Crippen LogP) is 6.80. The Morgan fingerprint density at radius 3 is 1.85 bits per heavy atom. The van der Waals surface area contributed by atoms with Gasteiger partial charge < -0.3 is 5.11 Å². The molecule has 1 N–H and O–H groups in total. The van der Waals surface area contributed by atoms with Crippen molar-refractivity contribution in [1.82, 2.24) is 4.90 Å². The molecule has 0 radical (unpaired) electrons. The Kier molecular flexibility index (Phi) is 5.65. The number of aliphatic hydroxyl groups is 1. The van der Waals surface area contributed by atoms with Crippen molar-refractivity contribution in [2.45, 2.75) is 45.0 Å². The lowest BCUT2D eigenvalue weighted by Crippen LogP contribution is -2.27. The molecule has 33 heavy (non-hydrogen) atoms. The summed E-state index contributed by atoms with van der Waals surface area (Å²) >= 11 is 0. The average molecular weight is 434 g/mol. The second kappa shape index (κ2) is 8.62. The van der Waals surface area contributed by atoms with E-state index >= 15 is 0 Å². The summed E-state index contributed by atoms with van der Waals surface area (Å²) in [5.74, 6) is 0. The van der Waals surface area contributed by atoms with Crippen molar-refractivity contribution in [1.29, 1.82) is 0 Å². The summed E-state index contributed by atoms with van der Waals surface area (Å²) in [6.45, 7) is 7.14. The van der Waals surface area contributed by atoms with Gasteiger partial charge in [0, 0.05) is 6.54 Å². The molecule has 1 saturated heterocycles. The van der Waals surface area contributed by atoms with Crippen LogP contribution in [0.4, 0.5) is 0 Å². The van der Waals surface area contributed by atoms with Crippen molar-refractivity contribution in [2.24, 2.45) is 0 Å². The van der Waals surface area contributed by atoms with Crippen LogP contribution in [0.2, 0.25) is 0 Å². The maximum Gasteiger partial charge on any atom is 0.104 e. The second-order valence-corrected chi connectivity index (χ2v) is 9.33. The van der Waals surface area contributed by atoms with E-state index in [9.17, 15) is 5.11 Å². The molecule has 1 aliphatic rings. The highest BCUT2D eigenvalue weighted by atomic mass is 16.3. The van der Waals surface area contributed by atoms with Crippen LogP contribution in [0.1, 0.15) is 51.1 Å². The molecule has 4 atom stereocenters. The van der Waals surface area contributed by atoms with Crippen molar-refractivity contribution in [2.75, 3.05) is 0 Å². The molecule has 0 bridgehead atoms. The lowest BCUT2D eigenvalue weighted by Gasteiger charge is -2.28. The monoisotopic (exact) mass is 433 g/mol. The van der Waals surface area contributed by atoms with E-state index in [-0.39, 0.29) is 6.04 Å². The van der Waals surface area contributed by atoms with Gasteiger partial charge in [0.1, 0.15) is 6.10 Å². The third-order valence-corrected chi connectivity index (χ3v) is 7.11. The lowest BCUT2D eigenvalue weighted by molar-refractivity contribution is 0.0996. The summed E-state index contributed by atoms with van der Waals surface area (Å²) in [6, 6.07) is 36.2. The van der Waals surface area contributed by atoms with Gasteiger partial charge in [-0.05, 0) is 54.2 Å². The van der Waals surface area contributed by atoms with Gasteiger partial charge in [0.25, 0.3) is 0 Å². The van der Waals surface area contributed by atoms with E-state index in [2.05, 4.69) is 123 Å². The third-order valence-electron chi connectivity index (χ3n) is 7.11. The number of benzene rings is 4. The molecule has 0 spiro atoms. The quantitative estimate of drug-likeness (QED) is 0.338. The molecule has 0 aromatic heterocycles. The van der Waals surface area contributed by atoms with Gasteiger partial charge in [-0.3, -0.25) is 4.90 Å². The van der Waals surface area contributed by atoms with E-state index in [0.29, 0.717) is 0 Å². The molecule has 1 heterocycles. The SMILES string of the molecule is Cc1cc(C)c([C@@H](O)[C@]2(c3ccccc3)[C@H](c3ccccc3)N2Cc2ccccc2)c(C)c1. The fraction of sp³-hybridized carbons (Fsp3) is 0.226. The summed E-state index contributed by atoms with van der Waals surface area (Å²) in [6.07, 6.45) is -0.658. The van der Waals surface area contributed by atoms with Crippen molar-refractivity contribution in [3.8, 4) is 0 Å². The summed E-state index contributed by atoms with van der Waals surface area (Å²) in [4.78, 5) is 2.47. The maximum absolute atomic E-state index is 12.3. The van der Waals surface area contributed by atoms with Gasteiger partial charge in [-0.25, -0.2) is 0 Å². The van der Waals surface area contributed by atoms with Gasteiger partial charge in [0.15, 0.2) is 0 Å². The minimum absolute atomic E-state index is 0.0800. The molecular weight excluding hydrogens is 402 g/mol. The van der Waals surface area contributed by atoms with Crippen molar-refractivity contribution in [3.63, 3.8) is 0 Å². The second-order valence-electron chi connectivity index (χ2n) is 9.33. The first-order valence-corrected chi connectivity index (χ1v) is 11.7. The maximum atomic E-state index is 12.3. The zero-order valence-electron chi connectivity index (χ0n) is 19.6. The van der Waals surface area contributed by atoms with Crippen LogP contribution in [-0.2, 0) is 12.1 Å². The Bertz CT molecular complexity index is 1210. The number of hydrogen-bond donors (Lipinski definition) is 1. The molecule has 0 amide bonds.